The van der Waals surface area contributed by atoms with Crippen molar-refractivity contribution in [3.05, 3.63) is 40.9 Å². The lowest BCUT2D eigenvalue weighted by molar-refractivity contribution is -0.134. The minimum Gasteiger partial charge on any atom is -0.481 e. The van der Waals surface area contributed by atoms with E-state index in [1.807, 2.05) is 29.6 Å². The summed E-state index contributed by atoms with van der Waals surface area (Å²) in [5.41, 5.74) is 1.12. The summed E-state index contributed by atoms with van der Waals surface area (Å²) < 4.78 is 0. The number of benzene rings is 1. The maximum absolute atomic E-state index is 9.00. The zero-order valence-corrected chi connectivity index (χ0v) is 10.1. The molecule has 0 radical (unpaired) electrons. The molecule has 16 heavy (non-hydrogen) atoms. The SMILES string of the molecule is CC(=O)O.Clc1ccc(-c2nccs2)cc1. The summed E-state index contributed by atoms with van der Waals surface area (Å²) in [5.74, 6) is -0.833. The molecule has 1 N–H and O–H groups in total. The number of hydrogen-bond acceptors (Lipinski definition) is 3. The lowest BCUT2D eigenvalue weighted by Crippen LogP contribution is -1.78. The van der Waals surface area contributed by atoms with Crippen LogP contribution in [0.25, 0.3) is 10.6 Å². The van der Waals surface area contributed by atoms with Crippen LogP contribution in [0.2, 0.25) is 5.02 Å². The highest BCUT2D eigenvalue weighted by atomic mass is 35.5. The van der Waals surface area contributed by atoms with Crippen LogP contribution in [0.5, 0.6) is 0 Å². The molecule has 0 unspecified atom stereocenters. The summed E-state index contributed by atoms with van der Waals surface area (Å²) in [5, 5.41) is 11.2. The van der Waals surface area contributed by atoms with Crippen LogP contribution in [0.1, 0.15) is 6.92 Å². The predicted molar refractivity (Wildman–Crippen MR) is 65.9 cm³/mol. The molecule has 0 bridgehead atoms. The zero-order valence-electron chi connectivity index (χ0n) is 8.55. The quantitative estimate of drug-likeness (QED) is 0.848. The number of thiazole rings is 1. The van der Waals surface area contributed by atoms with Crippen molar-refractivity contribution in [2.75, 3.05) is 0 Å². The number of rotatable bonds is 1. The second-order valence-electron chi connectivity index (χ2n) is 2.86. The van der Waals surface area contributed by atoms with Crippen molar-refractivity contribution in [2.24, 2.45) is 0 Å². The van der Waals surface area contributed by atoms with Crippen molar-refractivity contribution < 1.29 is 9.90 Å². The minimum absolute atomic E-state index is 0.760. The third kappa shape index (κ3) is 4.42. The van der Waals surface area contributed by atoms with Gasteiger partial charge in [0.25, 0.3) is 5.97 Å². The molecule has 84 valence electrons. The Morgan fingerprint density at radius 3 is 2.38 bits per heavy atom. The highest BCUT2D eigenvalue weighted by molar-refractivity contribution is 7.13. The number of carboxylic acids is 1. The van der Waals surface area contributed by atoms with Crippen LogP contribution in [0.15, 0.2) is 35.8 Å². The molecule has 3 nitrogen and oxygen atoms in total. The average molecular weight is 256 g/mol. The number of halogens is 1. The highest BCUT2D eigenvalue weighted by Crippen LogP contribution is 2.22. The number of carboxylic acid groups (broad SMARTS) is 1. The van der Waals surface area contributed by atoms with Crippen molar-refractivity contribution in [1.82, 2.24) is 4.98 Å². The number of carbonyl (C=O) groups is 1. The van der Waals surface area contributed by atoms with Gasteiger partial charge in [-0.3, -0.25) is 4.79 Å². The largest absolute Gasteiger partial charge is 0.481 e. The molecule has 0 aliphatic heterocycles. The number of hydrogen-bond donors (Lipinski definition) is 1. The van der Waals surface area contributed by atoms with Gasteiger partial charge in [-0.25, -0.2) is 4.98 Å². The maximum atomic E-state index is 9.00. The van der Waals surface area contributed by atoms with Gasteiger partial charge in [0.1, 0.15) is 5.01 Å². The molecule has 0 atom stereocenters. The molecule has 1 aromatic carbocycles. The van der Waals surface area contributed by atoms with E-state index in [-0.39, 0.29) is 0 Å². The van der Waals surface area contributed by atoms with Crippen LogP contribution in [0.4, 0.5) is 0 Å². The van der Waals surface area contributed by atoms with Gasteiger partial charge in [0.15, 0.2) is 0 Å². The van der Waals surface area contributed by atoms with Gasteiger partial charge in [-0.2, -0.15) is 0 Å². The Hall–Kier alpha value is -1.39. The van der Waals surface area contributed by atoms with Crippen LogP contribution < -0.4 is 0 Å². The van der Waals surface area contributed by atoms with Crippen LogP contribution in [0.3, 0.4) is 0 Å². The normalized spacial score (nSPS) is 9.12. The molecule has 5 heteroatoms. The highest BCUT2D eigenvalue weighted by Gasteiger charge is 1.98. The van der Waals surface area contributed by atoms with E-state index >= 15 is 0 Å². The lowest BCUT2D eigenvalue weighted by atomic mass is 10.2. The van der Waals surface area contributed by atoms with E-state index in [4.69, 9.17) is 21.5 Å². The molecular weight excluding hydrogens is 246 g/mol. The Kier molecular flexibility index (Phi) is 4.95. The summed E-state index contributed by atoms with van der Waals surface area (Å²) in [6.07, 6.45) is 1.80. The smallest absolute Gasteiger partial charge is 0.300 e. The molecule has 0 aliphatic rings. The molecule has 0 aliphatic carbocycles. The summed E-state index contributed by atoms with van der Waals surface area (Å²) in [6.45, 7) is 1.08. The first-order valence-electron chi connectivity index (χ1n) is 4.44. The van der Waals surface area contributed by atoms with E-state index in [2.05, 4.69) is 4.98 Å². The van der Waals surface area contributed by atoms with Crippen molar-refractivity contribution >= 4 is 28.9 Å². The van der Waals surface area contributed by atoms with E-state index in [1.165, 1.54) is 0 Å². The average Bonchev–Trinajstić information content (AvgIpc) is 2.71. The minimum atomic E-state index is -0.833. The first-order valence-corrected chi connectivity index (χ1v) is 5.70. The van der Waals surface area contributed by atoms with Gasteiger partial charge < -0.3 is 5.11 Å². The van der Waals surface area contributed by atoms with E-state index in [0.29, 0.717) is 0 Å². The standard InChI is InChI=1S/C9H6ClNS.C2H4O2/c10-8-3-1-7(2-4-8)9-11-5-6-12-9;1-2(3)4/h1-6H;1H3,(H,3,4). The van der Waals surface area contributed by atoms with Gasteiger partial charge in [0.05, 0.1) is 0 Å². The Bertz CT molecular complexity index is 436. The Morgan fingerprint density at radius 1 is 1.38 bits per heavy atom. The van der Waals surface area contributed by atoms with Crippen molar-refractivity contribution in [2.45, 2.75) is 6.92 Å². The van der Waals surface area contributed by atoms with Gasteiger partial charge in [-0.05, 0) is 12.1 Å². The molecule has 2 rings (SSSR count). The third-order valence-electron chi connectivity index (χ3n) is 1.52. The number of aliphatic carboxylic acids is 1. The van der Waals surface area contributed by atoms with Crippen LogP contribution in [-0.4, -0.2) is 16.1 Å². The third-order valence-corrected chi connectivity index (χ3v) is 2.60. The van der Waals surface area contributed by atoms with Crippen molar-refractivity contribution in [3.63, 3.8) is 0 Å². The Labute approximate surface area is 102 Å². The molecule has 1 heterocycles. The van der Waals surface area contributed by atoms with Crippen LogP contribution >= 0.6 is 22.9 Å². The summed E-state index contributed by atoms with van der Waals surface area (Å²) in [6, 6.07) is 7.69. The zero-order chi connectivity index (χ0) is 12.0. The van der Waals surface area contributed by atoms with Gasteiger partial charge >= 0.3 is 0 Å². The molecule has 0 saturated carbocycles. The molecule has 0 spiro atoms. The van der Waals surface area contributed by atoms with Crippen molar-refractivity contribution in [3.8, 4) is 10.6 Å². The van der Waals surface area contributed by atoms with E-state index in [9.17, 15) is 0 Å². The molecule has 0 amide bonds. The van der Waals surface area contributed by atoms with Gasteiger partial charge in [0.2, 0.25) is 0 Å². The fourth-order valence-electron chi connectivity index (χ4n) is 0.958. The molecular formula is C11H10ClNO2S. The molecule has 2 aromatic rings. The van der Waals surface area contributed by atoms with Crippen LogP contribution in [0, 0.1) is 0 Å². The lowest BCUT2D eigenvalue weighted by Gasteiger charge is -1.94. The fourth-order valence-corrected chi connectivity index (χ4v) is 1.73. The Morgan fingerprint density at radius 2 is 1.94 bits per heavy atom. The van der Waals surface area contributed by atoms with E-state index < -0.39 is 5.97 Å². The Balaban J connectivity index is 0.000000280. The van der Waals surface area contributed by atoms with E-state index in [1.54, 1.807) is 17.5 Å². The second-order valence-corrected chi connectivity index (χ2v) is 4.19. The first-order chi connectivity index (χ1) is 7.59. The monoisotopic (exact) mass is 255 g/mol. The maximum Gasteiger partial charge on any atom is 0.300 e. The summed E-state index contributed by atoms with van der Waals surface area (Å²) >= 11 is 7.38. The predicted octanol–water partition coefficient (Wildman–Crippen LogP) is 3.55. The fraction of sp³-hybridized carbons (Fsp3) is 0.0909. The van der Waals surface area contributed by atoms with Gasteiger partial charge in [-0.15, -0.1) is 11.3 Å². The van der Waals surface area contributed by atoms with Crippen LogP contribution in [-0.2, 0) is 4.79 Å². The summed E-state index contributed by atoms with van der Waals surface area (Å²) in [7, 11) is 0. The molecule has 1 aromatic heterocycles. The molecule has 0 saturated heterocycles. The molecule has 0 fully saturated rings. The topological polar surface area (TPSA) is 50.2 Å². The number of nitrogens with zero attached hydrogens (tertiary/aromatic N) is 1. The number of aromatic nitrogens is 1. The van der Waals surface area contributed by atoms with Gasteiger partial charge in [-0.1, -0.05) is 23.7 Å². The first kappa shape index (κ1) is 12.7. The van der Waals surface area contributed by atoms with Gasteiger partial charge in [0, 0.05) is 29.1 Å². The van der Waals surface area contributed by atoms with Crippen molar-refractivity contribution in [1.29, 1.82) is 0 Å². The summed E-state index contributed by atoms with van der Waals surface area (Å²) in [4.78, 5) is 13.2. The van der Waals surface area contributed by atoms with E-state index in [0.717, 1.165) is 22.5 Å². The second kappa shape index (κ2) is 6.25.